The molecule has 0 saturated carbocycles. The second kappa shape index (κ2) is 8.90. The molecule has 9 heteroatoms. The second-order valence-corrected chi connectivity index (χ2v) is 8.01. The molecule has 162 valence electrons. The molecule has 4 rings (SSSR count). The molecule has 32 heavy (non-hydrogen) atoms. The minimum Gasteiger partial charge on any atom is -0.325 e. The summed E-state index contributed by atoms with van der Waals surface area (Å²) < 4.78 is 1.84. The van der Waals surface area contributed by atoms with E-state index in [1.165, 1.54) is 0 Å². The average molecular weight is 469 g/mol. The van der Waals surface area contributed by atoms with Crippen molar-refractivity contribution in [2.75, 3.05) is 11.9 Å². The fraction of sp³-hybridized carbons (Fsp3) is 0.0870. The molecule has 1 saturated heterocycles. The predicted octanol–water partition coefficient (Wildman–Crippen LogP) is 4.62. The molecule has 1 aliphatic heterocycles. The van der Waals surface area contributed by atoms with Gasteiger partial charge in [0.1, 0.15) is 12.2 Å². The van der Waals surface area contributed by atoms with Crippen molar-refractivity contribution in [3.05, 3.63) is 87.8 Å². The van der Waals surface area contributed by atoms with Crippen LogP contribution in [0.4, 0.5) is 10.5 Å². The maximum absolute atomic E-state index is 12.8. The highest BCUT2D eigenvalue weighted by Gasteiger charge is 2.35. The number of urea groups is 1. The number of hydrogen-bond donors (Lipinski definition) is 2. The van der Waals surface area contributed by atoms with Gasteiger partial charge >= 0.3 is 6.03 Å². The zero-order valence-corrected chi connectivity index (χ0v) is 18.4. The van der Waals surface area contributed by atoms with Crippen LogP contribution in [0.2, 0.25) is 10.0 Å². The number of amides is 4. The van der Waals surface area contributed by atoms with Gasteiger partial charge in [0.25, 0.3) is 5.91 Å². The molecule has 2 heterocycles. The van der Waals surface area contributed by atoms with Crippen LogP contribution < -0.4 is 10.6 Å². The van der Waals surface area contributed by atoms with Crippen molar-refractivity contribution in [3.63, 3.8) is 0 Å². The lowest BCUT2D eigenvalue weighted by Crippen LogP contribution is -2.38. The molecular weight excluding hydrogens is 451 g/mol. The highest BCUT2D eigenvalue weighted by molar-refractivity contribution is 6.31. The number of carbonyl (C=O) groups is 3. The van der Waals surface area contributed by atoms with Crippen molar-refractivity contribution < 1.29 is 14.4 Å². The molecular formula is C23H18Cl2N4O3. The van der Waals surface area contributed by atoms with E-state index < -0.39 is 24.4 Å². The van der Waals surface area contributed by atoms with Crippen LogP contribution in [0.3, 0.4) is 0 Å². The van der Waals surface area contributed by atoms with E-state index in [9.17, 15) is 14.4 Å². The Hall–Kier alpha value is -3.55. The van der Waals surface area contributed by atoms with Crippen LogP contribution in [0.5, 0.6) is 0 Å². The van der Waals surface area contributed by atoms with Gasteiger partial charge in [0.15, 0.2) is 0 Å². The summed E-state index contributed by atoms with van der Waals surface area (Å²) in [6.07, 6.45) is 3.39. The Bertz CT molecular complexity index is 1250. The smallest absolute Gasteiger partial charge is 0.325 e. The van der Waals surface area contributed by atoms with Crippen LogP contribution in [0.25, 0.3) is 11.8 Å². The summed E-state index contributed by atoms with van der Waals surface area (Å²) in [7, 11) is 0. The number of halogens is 2. The van der Waals surface area contributed by atoms with Gasteiger partial charge in [-0.3, -0.25) is 9.59 Å². The number of hydrogen-bond acceptors (Lipinski definition) is 3. The molecule has 0 aliphatic carbocycles. The van der Waals surface area contributed by atoms with E-state index >= 15 is 0 Å². The first kappa shape index (κ1) is 21.7. The van der Waals surface area contributed by atoms with Crippen LogP contribution in [-0.4, -0.2) is 33.9 Å². The fourth-order valence-corrected chi connectivity index (χ4v) is 3.52. The number of rotatable bonds is 5. The fourth-order valence-electron chi connectivity index (χ4n) is 3.22. The van der Waals surface area contributed by atoms with E-state index in [0.717, 1.165) is 16.2 Å². The molecule has 2 N–H and O–H groups in total. The largest absolute Gasteiger partial charge is 0.329 e. The van der Waals surface area contributed by atoms with Crippen molar-refractivity contribution in [1.29, 1.82) is 0 Å². The Labute approximate surface area is 194 Å². The zero-order valence-electron chi connectivity index (χ0n) is 16.9. The van der Waals surface area contributed by atoms with E-state index in [-0.39, 0.29) is 5.70 Å². The first-order valence-corrected chi connectivity index (χ1v) is 10.4. The van der Waals surface area contributed by atoms with Crippen LogP contribution >= 0.6 is 23.2 Å². The van der Waals surface area contributed by atoms with Crippen LogP contribution in [0.1, 0.15) is 11.3 Å². The van der Waals surface area contributed by atoms with Crippen LogP contribution in [-0.2, 0) is 9.59 Å². The van der Waals surface area contributed by atoms with E-state index in [1.807, 2.05) is 42.0 Å². The third kappa shape index (κ3) is 4.54. The summed E-state index contributed by atoms with van der Waals surface area (Å²) in [5, 5.41) is 6.32. The third-order valence-corrected chi connectivity index (χ3v) is 5.56. The number of nitrogens with one attached hydrogen (secondary N) is 2. The van der Waals surface area contributed by atoms with Crippen LogP contribution in [0.15, 0.2) is 66.5 Å². The summed E-state index contributed by atoms with van der Waals surface area (Å²) in [5.74, 6) is -1.09. The number of aromatic nitrogens is 1. The minimum atomic E-state index is -0.663. The monoisotopic (exact) mass is 468 g/mol. The zero-order chi connectivity index (χ0) is 22.8. The van der Waals surface area contributed by atoms with Gasteiger partial charge in [-0.05, 0) is 67.1 Å². The predicted molar refractivity (Wildman–Crippen MR) is 124 cm³/mol. The van der Waals surface area contributed by atoms with E-state index in [1.54, 1.807) is 36.4 Å². The molecule has 1 aliphatic rings. The Morgan fingerprint density at radius 3 is 2.56 bits per heavy atom. The van der Waals surface area contributed by atoms with Crippen molar-refractivity contribution in [1.82, 2.24) is 14.8 Å². The van der Waals surface area contributed by atoms with Gasteiger partial charge in [-0.2, -0.15) is 0 Å². The molecule has 0 atom stereocenters. The highest BCUT2D eigenvalue weighted by Crippen LogP contribution is 2.23. The number of anilines is 1. The molecule has 1 aromatic heterocycles. The SMILES string of the molecule is Cc1ccc(-n2cccc2C=C2NC(=O)N(CC(=O)Nc3ccc(Cl)cc3)C2=O)cc1Cl. The van der Waals surface area contributed by atoms with Gasteiger partial charge < -0.3 is 15.2 Å². The normalized spacial score (nSPS) is 14.7. The van der Waals surface area contributed by atoms with Gasteiger partial charge in [0, 0.05) is 33.3 Å². The highest BCUT2D eigenvalue weighted by atomic mass is 35.5. The maximum atomic E-state index is 12.8. The van der Waals surface area contributed by atoms with E-state index in [0.29, 0.717) is 21.4 Å². The topological polar surface area (TPSA) is 83.4 Å². The maximum Gasteiger partial charge on any atom is 0.329 e. The van der Waals surface area contributed by atoms with Crippen molar-refractivity contribution in [2.24, 2.45) is 0 Å². The quantitative estimate of drug-likeness (QED) is 0.423. The first-order chi connectivity index (χ1) is 15.3. The Kier molecular flexibility index (Phi) is 6.03. The Morgan fingerprint density at radius 2 is 1.84 bits per heavy atom. The van der Waals surface area contributed by atoms with Crippen molar-refractivity contribution >= 4 is 52.8 Å². The van der Waals surface area contributed by atoms with Gasteiger partial charge in [-0.15, -0.1) is 0 Å². The number of aryl methyl sites for hydroxylation is 1. The lowest BCUT2D eigenvalue weighted by atomic mass is 10.2. The van der Waals surface area contributed by atoms with Crippen LogP contribution in [0, 0.1) is 6.92 Å². The van der Waals surface area contributed by atoms with Crippen molar-refractivity contribution in [3.8, 4) is 5.69 Å². The number of benzene rings is 2. The number of nitrogens with zero attached hydrogens (tertiary/aromatic N) is 2. The third-order valence-electron chi connectivity index (χ3n) is 4.90. The lowest BCUT2D eigenvalue weighted by Gasteiger charge is -2.12. The van der Waals surface area contributed by atoms with Gasteiger partial charge in [0.2, 0.25) is 5.91 Å². The standard InChI is InChI=1S/C23H18Cl2N4O3/c1-14-4-9-18(11-19(14)25)28-10-2-3-17(28)12-20-22(31)29(23(32)27-20)13-21(30)26-16-7-5-15(24)6-8-16/h2-12H,13H2,1H3,(H,26,30)(H,27,32). The molecule has 7 nitrogen and oxygen atoms in total. The minimum absolute atomic E-state index is 0.0763. The average Bonchev–Trinajstić information content (AvgIpc) is 3.32. The molecule has 3 aromatic rings. The molecule has 2 aromatic carbocycles. The molecule has 0 radical (unpaired) electrons. The van der Waals surface area contributed by atoms with Gasteiger partial charge in [0.05, 0.1) is 0 Å². The van der Waals surface area contributed by atoms with Gasteiger partial charge in [-0.25, -0.2) is 9.69 Å². The van der Waals surface area contributed by atoms with Crippen molar-refractivity contribution in [2.45, 2.75) is 6.92 Å². The summed E-state index contributed by atoms with van der Waals surface area (Å²) in [6, 6.07) is 15.1. The Morgan fingerprint density at radius 1 is 1.09 bits per heavy atom. The Balaban J connectivity index is 1.50. The molecule has 1 fully saturated rings. The lowest BCUT2D eigenvalue weighted by molar-refractivity contribution is -0.127. The number of carbonyl (C=O) groups excluding carboxylic acids is 3. The number of imide groups is 1. The molecule has 0 unspecified atom stereocenters. The van der Waals surface area contributed by atoms with E-state index in [2.05, 4.69) is 10.6 Å². The first-order valence-electron chi connectivity index (χ1n) is 9.65. The molecule has 4 amide bonds. The van der Waals surface area contributed by atoms with Gasteiger partial charge in [-0.1, -0.05) is 29.3 Å². The van der Waals surface area contributed by atoms with E-state index in [4.69, 9.17) is 23.2 Å². The summed E-state index contributed by atoms with van der Waals surface area (Å²) in [5.41, 5.74) is 3.02. The summed E-state index contributed by atoms with van der Waals surface area (Å²) >= 11 is 12.1. The molecule has 0 spiro atoms. The second-order valence-electron chi connectivity index (χ2n) is 7.17. The summed E-state index contributed by atoms with van der Waals surface area (Å²) in [4.78, 5) is 38.3. The molecule has 0 bridgehead atoms. The summed E-state index contributed by atoms with van der Waals surface area (Å²) in [6.45, 7) is 1.49.